The summed E-state index contributed by atoms with van der Waals surface area (Å²) in [5.74, 6) is -0.517. The summed E-state index contributed by atoms with van der Waals surface area (Å²) in [7, 11) is -3.83. The average Bonchev–Trinajstić information content (AvgIpc) is 2.97. The molecule has 0 aliphatic heterocycles. The summed E-state index contributed by atoms with van der Waals surface area (Å²) in [5.41, 5.74) is -0.167. The molecule has 2 atom stereocenters. The van der Waals surface area contributed by atoms with E-state index in [2.05, 4.69) is 22.5 Å². The molecule has 4 nitrogen and oxygen atoms in total. The summed E-state index contributed by atoms with van der Waals surface area (Å²) in [6.07, 6.45) is 1.36. The van der Waals surface area contributed by atoms with Gasteiger partial charge in [0.1, 0.15) is 5.66 Å². The van der Waals surface area contributed by atoms with Gasteiger partial charge >= 0.3 is 0 Å². The summed E-state index contributed by atoms with van der Waals surface area (Å²) in [4.78, 5) is 25.1. The van der Waals surface area contributed by atoms with Crippen molar-refractivity contribution in [3.63, 3.8) is 0 Å². The molecule has 27 heavy (non-hydrogen) atoms. The van der Waals surface area contributed by atoms with E-state index in [1.165, 1.54) is 29.1 Å². The van der Waals surface area contributed by atoms with Crippen LogP contribution in [0, 0.1) is 0 Å². The highest BCUT2D eigenvalue weighted by Crippen LogP contribution is 2.55. The zero-order valence-electron chi connectivity index (χ0n) is 14.3. The first-order chi connectivity index (χ1) is 12.7. The Bertz CT molecular complexity index is 1080. The maximum absolute atomic E-state index is 13.3. The fourth-order valence-electron chi connectivity index (χ4n) is 2.91. The van der Waals surface area contributed by atoms with E-state index >= 15 is 0 Å². The zero-order valence-corrected chi connectivity index (χ0v) is 18.4. The maximum atomic E-state index is 13.3. The number of carbonyl (C=O) groups excluding carboxylic acids is 1. The number of halogens is 2. The molecule has 140 valence electrons. The molecule has 0 aliphatic carbocycles. The average molecular weight is 485 g/mol. The number of nitrogens with zero attached hydrogens (tertiary/aromatic N) is 1. The van der Waals surface area contributed by atoms with Crippen LogP contribution in [0.3, 0.4) is 0 Å². The Kier molecular flexibility index (Phi) is 5.94. The van der Waals surface area contributed by atoms with E-state index in [9.17, 15) is 14.3 Å². The number of hydrogen-bond acceptors (Lipinski definition) is 3. The number of hydrogen-bond donors (Lipinski definition) is 1. The number of amides is 1. The van der Waals surface area contributed by atoms with Crippen LogP contribution >= 0.6 is 46.2 Å². The Balaban J connectivity index is 2.14. The molecule has 0 bridgehead atoms. The van der Waals surface area contributed by atoms with Crippen molar-refractivity contribution >= 4 is 67.9 Å². The van der Waals surface area contributed by atoms with Crippen molar-refractivity contribution in [1.82, 2.24) is 0 Å². The van der Waals surface area contributed by atoms with Gasteiger partial charge in [-0.2, -0.15) is 0 Å². The number of rotatable bonds is 5. The van der Waals surface area contributed by atoms with Crippen LogP contribution in [0.15, 0.2) is 65.1 Å². The lowest BCUT2D eigenvalue weighted by Gasteiger charge is -2.26. The summed E-state index contributed by atoms with van der Waals surface area (Å²) < 4.78 is 14.4. The first-order valence-corrected chi connectivity index (χ1v) is 12.1. The second kappa shape index (κ2) is 7.90. The molecule has 1 aromatic heterocycles. The fraction of sp³-hybridized carbons (Fsp3) is 0.105. The van der Waals surface area contributed by atoms with E-state index < -0.39 is 18.9 Å². The quantitative estimate of drug-likeness (QED) is 0.424. The first-order valence-electron chi connectivity index (χ1n) is 7.90. The summed E-state index contributed by atoms with van der Waals surface area (Å²) >= 11 is 10.9. The Hall–Kier alpha value is -1.43. The molecular weight excluding hydrogens is 469 g/mol. The molecule has 2 unspecified atom stereocenters. The van der Waals surface area contributed by atoms with Crippen molar-refractivity contribution in [3.8, 4) is 0 Å². The van der Waals surface area contributed by atoms with Crippen LogP contribution in [0.1, 0.15) is 11.2 Å². The number of thiophene rings is 1. The van der Waals surface area contributed by atoms with E-state index in [1.807, 2.05) is 12.1 Å². The number of anilines is 1. The van der Waals surface area contributed by atoms with Gasteiger partial charge in [0.2, 0.25) is 13.3 Å². The standard InChI is InChI=1S/C19H16BrClNO3PS/c1-3-22(14-6-4-5-12(20)9-14)19(23)18(26(2,24)25)16-11-27-17-8-7-13(21)10-15(16)17/h3-11,18H,1H2,2H3,(H,24,25). The molecule has 0 saturated carbocycles. The molecule has 3 rings (SSSR count). The smallest absolute Gasteiger partial charge is 0.248 e. The van der Waals surface area contributed by atoms with E-state index in [1.54, 1.807) is 35.7 Å². The minimum Gasteiger partial charge on any atom is -0.344 e. The van der Waals surface area contributed by atoms with Gasteiger partial charge in [-0.1, -0.05) is 40.2 Å². The van der Waals surface area contributed by atoms with Gasteiger partial charge in [0.25, 0.3) is 0 Å². The molecule has 0 radical (unpaired) electrons. The maximum Gasteiger partial charge on any atom is 0.248 e. The van der Waals surface area contributed by atoms with Gasteiger partial charge in [-0.25, -0.2) is 0 Å². The Morgan fingerprint density at radius 1 is 1.37 bits per heavy atom. The van der Waals surface area contributed by atoms with Gasteiger partial charge in [0.15, 0.2) is 0 Å². The minimum absolute atomic E-state index is 0.498. The third-order valence-electron chi connectivity index (χ3n) is 4.08. The van der Waals surface area contributed by atoms with Crippen LogP contribution in [0.5, 0.6) is 0 Å². The molecule has 0 aliphatic rings. The van der Waals surface area contributed by atoms with Crippen molar-refractivity contribution in [3.05, 3.63) is 75.7 Å². The highest BCUT2D eigenvalue weighted by molar-refractivity contribution is 9.10. The van der Waals surface area contributed by atoms with Crippen LogP contribution in [0.2, 0.25) is 5.02 Å². The number of benzene rings is 2. The minimum atomic E-state index is -3.83. The topological polar surface area (TPSA) is 57.6 Å². The van der Waals surface area contributed by atoms with Gasteiger partial charge < -0.3 is 4.89 Å². The van der Waals surface area contributed by atoms with E-state index in [4.69, 9.17) is 11.6 Å². The molecule has 1 N–H and O–H groups in total. The summed E-state index contributed by atoms with van der Waals surface area (Å²) in [6, 6.07) is 12.4. The van der Waals surface area contributed by atoms with Crippen LogP contribution in [-0.4, -0.2) is 17.5 Å². The van der Waals surface area contributed by atoms with Gasteiger partial charge in [0, 0.05) is 32.7 Å². The van der Waals surface area contributed by atoms with Crippen LogP contribution in [-0.2, 0) is 9.36 Å². The van der Waals surface area contributed by atoms with Crippen LogP contribution in [0.4, 0.5) is 5.69 Å². The lowest BCUT2D eigenvalue weighted by molar-refractivity contribution is -0.117. The highest BCUT2D eigenvalue weighted by Gasteiger charge is 2.39. The SMILES string of the molecule is C=CN(C(=O)C(c1csc2ccc(Cl)cc12)P(C)(=O)O)c1cccc(Br)c1. The third kappa shape index (κ3) is 4.20. The first kappa shape index (κ1) is 20.3. The molecule has 0 spiro atoms. The molecule has 1 amide bonds. The van der Waals surface area contributed by atoms with E-state index in [0.717, 1.165) is 9.17 Å². The Morgan fingerprint density at radius 2 is 2.11 bits per heavy atom. The lowest BCUT2D eigenvalue weighted by atomic mass is 10.1. The normalized spacial score (nSPS) is 14.5. The summed E-state index contributed by atoms with van der Waals surface area (Å²) in [6.45, 7) is 4.91. The van der Waals surface area contributed by atoms with Crippen molar-refractivity contribution in [1.29, 1.82) is 0 Å². The Labute approximate surface area is 174 Å². The molecule has 3 aromatic rings. The summed E-state index contributed by atoms with van der Waals surface area (Å²) in [5, 5.41) is 2.96. The second-order valence-corrected chi connectivity index (χ2v) is 10.7. The van der Waals surface area contributed by atoms with Crippen molar-refractivity contribution in [2.75, 3.05) is 11.6 Å². The van der Waals surface area contributed by atoms with Crippen molar-refractivity contribution in [2.24, 2.45) is 0 Å². The molecule has 1 heterocycles. The van der Waals surface area contributed by atoms with Crippen molar-refractivity contribution < 1.29 is 14.3 Å². The largest absolute Gasteiger partial charge is 0.344 e. The number of carbonyl (C=O) groups is 1. The van der Waals surface area contributed by atoms with Gasteiger partial charge in [-0.3, -0.25) is 14.3 Å². The van der Waals surface area contributed by atoms with Gasteiger partial charge in [-0.05, 0) is 52.7 Å². The number of fused-ring (bicyclic) bond motifs is 1. The predicted molar refractivity (Wildman–Crippen MR) is 117 cm³/mol. The second-order valence-electron chi connectivity index (χ2n) is 6.05. The highest BCUT2D eigenvalue weighted by atomic mass is 79.9. The van der Waals surface area contributed by atoms with Crippen molar-refractivity contribution in [2.45, 2.75) is 5.66 Å². The van der Waals surface area contributed by atoms with E-state index in [-0.39, 0.29) is 0 Å². The van der Waals surface area contributed by atoms with Gasteiger partial charge in [0.05, 0.1) is 0 Å². The molecule has 0 fully saturated rings. The lowest BCUT2D eigenvalue weighted by Crippen LogP contribution is -2.30. The Morgan fingerprint density at radius 3 is 2.74 bits per heavy atom. The molecule has 2 aromatic carbocycles. The van der Waals surface area contributed by atoms with Crippen LogP contribution < -0.4 is 4.90 Å². The zero-order chi connectivity index (χ0) is 19.8. The molecule has 8 heteroatoms. The van der Waals surface area contributed by atoms with Crippen LogP contribution in [0.25, 0.3) is 10.1 Å². The fourth-order valence-corrected chi connectivity index (χ4v) is 5.80. The predicted octanol–water partition coefficient (Wildman–Crippen LogP) is 6.44. The van der Waals surface area contributed by atoms with Gasteiger partial charge in [-0.15, -0.1) is 11.3 Å². The molecule has 0 saturated heterocycles. The third-order valence-corrected chi connectivity index (χ3v) is 7.25. The molecular formula is C19H16BrClNO3PS. The van der Waals surface area contributed by atoms with E-state index in [0.29, 0.717) is 21.7 Å². The monoisotopic (exact) mass is 483 g/mol.